The SMILES string of the molecule is CCCCCCCCCCCCCCCCCc1nc2cc(O)ccc2n1CCCN(C)C. The van der Waals surface area contributed by atoms with Crippen LogP contribution >= 0.6 is 0 Å². The van der Waals surface area contributed by atoms with Crippen molar-refractivity contribution in [3.05, 3.63) is 24.0 Å². The van der Waals surface area contributed by atoms with E-state index in [4.69, 9.17) is 4.98 Å². The average Bonchev–Trinajstić information content (AvgIpc) is 3.12. The van der Waals surface area contributed by atoms with E-state index in [2.05, 4.69) is 30.5 Å². The van der Waals surface area contributed by atoms with Crippen LogP contribution in [0.5, 0.6) is 5.75 Å². The largest absolute Gasteiger partial charge is 0.508 e. The maximum absolute atomic E-state index is 9.84. The molecule has 0 bridgehead atoms. The molecule has 0 aliphatic rings. The molecule has 0 aliphatic heterocycles. The van der Waals surface area contributed by atoms with Crippen LogP contribution in [-0.4, -0.2) is 40.2 Å². The Morgan fingerprint density at radius 2 is 1.30 bits per heavy atom. The van der Waals surface area contributed by atoms with Gasteiger partial charge in [-0.05, 0) is 45.6 Å². The Morgan fingerprint density at radius 3 is 1.85 bits per heavy atom. The summed E-state index contributed by atoms with van der Waals surface area (Å²) in [5.74, 6) is 1.49. The second-order valence-corrected chi connectivity index (χ2v) is 10.2. The number of phenolic OH excluding ortho intramolecular Hbond substituents is 1. The quantitative estimate of drug-likeness (QED) is 0.204. The third kappa shape index (κ3) is 11.4. The lowest BCUT2D eigenvalue weighted by molar-refractivity contribution is 0.386. The van der Waals surface area contributed by atoms with Crippen molar-refractivity contribution in [3.8, 4) is 5.75 Å². The third-order valence-corrected chi connectivity index (χ3v) is 6.80. The molecule has 2 aromatic rings. The summed E-state index contributed by atoms with van der Waals surface area (Å²) in [5, 5.41) is 9.84. The van der Waals surface area contributed by atoms with Crippen LogP contribution in [0.15, 0.2) is 18.2 Å². The molecule has 2 rings (SSSR count). The molecular weight excluding hydrogens is 406 g/mol. The molecule has 0 spiro atoms. The fraction of sp³-hybridized carbons (Fsp3) is 0.759. The van der Waals surface area contributed by atoms with E-state index < -0.39 is 0 Å². The van der Waals surface area contributed by atoms with Crippen molar-refractivity contribution < 1.29 is 5.11 Å². The van der Waals surface area contributed by atoms with Gasteiger partial charge in [-0.1, -0.05) is 96.8 Å². The van der Waals surface area contributed by atoms with E-state index in [1.807, 2.05) is 6.07 Å². The van der Waals surface area contributed by atoms with Crippen LogP contribution in [0.25, 0.3) is 11.0 Å². The van der Waals surface area contributed by atoms with Crippen molar-refractivity contribution in [2.45, 2.75) is 123 Å². The number of benzene rings is 1. The van der Waals surface area contributed by atoms with Crippen LogP contribution in [0.1, 0.15) is 115 Å². The van der Waals surface area contributed by atoms with Gasteiger partial charge in [0.2, 0.25) is 0 Å². The lowest BCUT2D eigenvalue weighted by atomic mass is 10.0. The van der Waals surface area contributed by atoms with E-state index in [9.17, 15) is 5.11 Å². The van der Waals surface area contributed by atoms with Crippen LogP contribution in [0.2, 0.25) is 0 Å². The van der Waals surface area contributed by atoms with Gasteiger partial charge < -0.3 is 14.6 Å². The molecule has 0 saturated carbocycles. The van der Waals surface area contributed by atoms with Gasteiger partial charge in [-0.3, -0.25) is 0 Å². The van der Waals surface area contributed by atoms with Crippen LogP contribution in [-0.2, 0) is 13.0 Å². The van der Waals surface area contributed by atoms with Crippen molar-refractivity contribution in [2.75, 3.05) is 20.6 Å². The monoisotopic (exact) mass is 457 g/mol. The number of imidazole rings is 1. The van der Waals surface area contributed by atoms with Gasteiger partial charge in [-0.25, -0.2) is 4.98 Å². The van der Waals surface area contributed by atoms with Gasteiger partial charge in [0.05, 0.1) is 11.0 Å². The third-order valence-electron chi connectivity index (χ3n) is 6.80. The zero-order valence-corrected chi connectivity index (χ0v) is 22.0. The number of rotatable bonds is 20. The predicted octanol–water partition coefficient (Wildman–Crippen LogP) is 8.11. The van der Waals surface area contributed by atoms with Crippen molar-refractivity contribution in [3.63, 3.8) is 0 Å². The Bertz CT molecular complexity index is 753. The normalized spacial score (nSPS) is 11.8. The Labute approximate surface area is 203 Å². The summed E-state index contributed by atoms with van der Waals surface area (Å²) in [4.78, 5) is 7.10. The molecule has 0 fully saturated rings. The van der Waals surface area contributed by atoms with Crippen LogP contribution in [0.4, 0.5) is 0 Å². The minimum atomic E-state index is 0.305. The number of aromatic hydroxyl groups is 1. The van der Waals surface area contributed by atoms with Crippen molar-refractivity contribution in [2.24, 2.45) is 0 Å². The van der Waals surface area contributed by atoms with Crippen LogP contribution in [0.3, 0.4) is 0 Å². The molecule has 1 heterocycles. The highest BCUT2D eigenvalue weighted by molar-refractivity contribution is 5.77. The van der Waals surface area contributed by atoms with E-state index in [1.165, 1.54) is 102 Å². The van der Waals surface area contributed by atoms with E-state index in [-0.39, 0.29) is 0 Å². The summed E-state index contributed by atoms with van der Waals surface area (Å²) < 4.78 is 2.38. The maximum Gasteiger partial charge on any atom is 0.117 e. The zero-order valence-electron chi connectivity index (χ0n) is 22.0. The van der Waals surface area contributed by atoms with Gasteiger partial charge in [0.15, 0.2) is 0 Å². The first-order chi connectivity index (χ1) is 16.1. The Morgan fingerprint density at radius 1 is 0.758 bits per heavy atom. The number of hydrogen-bond donors (Lipinski definition) is 1. The molecule has 0 aliphatic carbocycles. The molecule has 0 radical (unpaired) electrons. The highest BCUT2D eigenvalue weighted by Gasteiger charge is 2.11. The topological polar surface area (TPSA) is 41.3 Å². The molecule has 0 amide bonds. The fourth-order valence-electron chi connectivity index (χ4n) is 4.81. The number of aryl methyl sites for hydroxylation is 2. The van der Waals surface area contributed by atoms with E-state index >= 15 is 0 Å². The van der Waals surface area contributed by atoms with E-state index in [1.54, 1.807) is 12.1 Å². The van der Waals surface area contributed by atoms with Gasteiger partial charge in [0, 0.05) is 19.0 Å². The molecule has 0 unspecified atom stereocenters. The number of fused-ring (bicyclic) bond motifs is 1. The number of aromatic nitrogens is 2. The minimum absolute atomic E-state index is 0.305. The molecule has 33 heavy (non-hydrogen) atoms. The minimum Gasteiger partial charge on any atom is -0.508 e. The highest BCUT2D eigenvalue weighted by Crippen LogP contribution is 2.23. The highest BCUT2D eigenvalue weighted by atomic mass is 16.3. The Hall–Kier alpha value is -1.55. The first-order valence-corrected chi connectivity index (χ1v) is 13.9. The molecule has 1 aromatic heterocycles. The maximum atomic E-state index is 9.84. The summed E-state index contributed by atoms with van der Waals surface area (Å²) in [6, 6.07) is 5.60. The molecule has 0 saturated heterocycles. The van der Waals surface area contributed by atoms with Gasteiger partial charge in [0.25, 0.3) is 0 Å². The zero-order chi connectivity index (χ0) is 23.7. The van der Waals surface area contributed by atoms with E-state index in [0.29, 0.717) is 5.75 Å². The van der Waals surface area contributed by atoms with Gasteiger partial charge >= 0.3 is 0 Å². The molecule has 0 atom stereocenters. The number of hydrogen-bond acceptors (Lipinski definition) is 3. The lowest BCUT2D eigenvalue weighted by Gasteiger charge is -2.12. The van der Waals surface area contributed by atoms with Crippen LogP contribution < -0.4 is 0 Å². The second-order valence-electron chi connectivity index (χ2n) is 10.2. The molecule has 1 aromatic carbocycles. The first-order valence-electron chi connectivity index (χ1n) is 13.9. The molecule has 1 N–H and O–H groups in total. The summed E-state index contributed by atoms with van der Waals surface area (Å²) in [7, 11) is 4.25. The van der Waals surface area contributed by atoms with Crippen molar-refractivity contribution >= 4 is 11.0 Å². The summed E-state index contributed by atoms with van der Waals surface area (Å²) in [6.07, 6.45) is 23.1. The predicted molar refractivity (Wildman–Crippen MR) is 143 cm³/mol. The summed E-state index contributed by atoms with van der Waals surface area (Å²) in [5.41, 5.74) is 2.08. The molecule has 188 valence electrons. The summed E-state index contributed by atoms with van der Waals surface area (Å²) >= 11 is 0. The molecular formula is C29H51N3O. The smallest absolute Gasteiger partial charge is 0.117 e. The van der Waals surface area contributed by atoms with Gasteiger partial charge in [0.1, 0.15) is 11.6 Å². The van der Waals surface area contributed by atoms with Crippen molar-refractivity contribution in [1.82, 2.24) is 14.5 Å². The Balaban J connectivity index is 1.58. The van der Waals surface area contributed by atoms with Gasteiger partial charge in [-0.2, -0.15) is 0 Å². The van der Waals surface area contributed by atoms with E-state index in [0.717, 1.165) is 37.0 Å². The second kappa shape index (κ2) is 17.0. The Kier molecular flexibility index (Phi) is 14.2. The lowest BCUT2D eigenvalue weighted by Crippen LogP contribution is -2.16. The number of phenols is 1. The molecule has 4 nitrogen and oxygen atoms in total. The standard InChI is InChI=1S/C29H51N3O/c1-4-5-6-7-8-9-10-11-12-13-14-15-16-17-18-20-29-30-27-25-26(33)21-22-28(27)32(29)24-19-23-31(2)3/h21-22,25,33H,4-20,23-24H2,1-3H3. The number of nitrogens with zero attached hydrogens (tertiary/aromatic N) is 3. The fourth-order valence-corrected chi connectivity index (χ4v) is 4.81. The first kappa shape index (κ1) is 27.7. The molecule has 4 heteroatoms. The van der Waals surface area contributed by atoms with Gasteiger partial charge in [-0.15, -0.1) is 0 Å². The number of unbranched alkanes of at least 4 members (excludes halogenated alkanes) is 14. The van der Waals surface area contributed by atoms with Crippen LogP contribution in [0, 0.1) is 0 Å². The summed E-state index contributed by atoms with van der Waals surface area (Å²) in [6.45, 7) is 4.36. The van der Waals surface area contributed by atoms with Crippen molar-refractivity contribution in [1.29, 1.82) is 0 Å². The average molecular weight is 458 g/mol.